The Kier molecular flexibility index (Phi) is 4.80. The van der Waals surface area contributed by atoms with Crippen LogP contribution in [0.4, 0.5) is 5.69 Å². The third-order valence-corrected chi connectivity index (χ3v) is 4.23. The Labute approximate surface area is 156 Å². The van der Waals surface area contributed by atoms with Crippen LogP contribution in [0.1, 0.15) is 12.1 Å². The van der Waals surface area contributed by atoms with Crippen molar-refractivity contribution in [2.24, 2.45) is 5.92 Å². The van der Waals surface area contributed by atoms with Gasteiger partial charge in [0.25, 0.3) is 0 Å². The molecule has 27 heavy (non-hydrogen) atoms. The minimum atomic E-state index is -0.0757. The second-order valence-corrected chi connectivity index (χ2v) is 6.31. The monoisotopic (exact) mass is 365 g/mol. The molecule has 0 aliphatic carbocycles. The molecule has 4 rings (SSSR count). The van der Waals surface area contributed by atoms with E-state index in [0.29, 0.717) is 30.7 Å². The van der Waals surface area contributed by atoms with Gasteiger partial charge in [-0.05, 0) is 49.7 Å². The van der Waals surface area contributed by atoms with Gasteiger partial charge in [-0.2, -0.15) is 5.10 Å². The zero-order valence-corrected chi connectivity index (χ0v) is 14.8. The maximum absolute atomic E-state index is 12.1. The van der Waals surface area contributed by atoms with Gasteiger partial charge in [-0.1, -0.05) is 0 Å². The number of benzene rings is 1. The molecular formula is C19H19N5O3. The molecule has 0 saturated carbocycles. The summed E-state index contributed by atoms with van der Waals surface area (Å²) in [6, 6.07) is 12.5. The van der Waals surface area contributed by atoms with Gasteiger partial charge in [0.1, 0.15) is 5.75 Å². The van der Waals surface area contributed by atoms with Crippen molar-refractivity contribution in [3.8, 4) is 17.4 Å². The molecule has 1 unspecified atom stereocenters. The van der Waals surface area contributed by atoms with Gasteiger partial charge in [-0.25, -0.2) is 4.68 Å². The van der Waals surface area contributed by atoms with Gasteiger partial charge in [-0.15, -0.1) is 10.2 Å². The molecule has 1 aromatic carbocycles. The van der Waals surface area contributed by atoms with Crippen molar-refractivity contribution in [3.05, 3.63) is 54.4 Å². The number of hydrogen-bond donors (Lipinski definition) is 1. The Hall–Kier alpha value is -3.26. The number of anilines is 1. The van der Waals surface area contributed by atoms with E-state index in [1.807, 2.05) is 19.2 Å². The van der Waals surface area contributed by atoms with Crippen LogP contribution in [0.5, 0.6) is 11.6 Å². The van der Waals surface area contributed by atoms with E-state index in [-0.39, 0.29) is 11.8 Å². The van der Waals surface area contributed by atoms with E-state index in [4.69, 9.17) is 9.47 Å². The molecule has 8 heteroatoms. The van der Waals surface area contributed by atoms with Crippen molar-refractivity contribution in [1.82, 2.24) is 20.0 Å². The zero-order chi connectivity index (χ0) is 18.6. The normalized spacial score (nSPS) is 16.3. The van der Waals surface area contributed by atoms with E-state index in [0.717, 1.165) is 17.8 Å². The molecule has 1 fully saturated rings. The topological polar surface area (TPSA) is 91.2 Å². The molecule has 138 valence electrons. The minimum absolute atomic E-state index is 0.0171. The first-order chi connectivity index (χ1) is 13.2. The van der Waals surface area contributed by atoms with E-state index in [2.05, 4.69) is 20.6 Å². The Morgan fingerprint density at radius 3 is 2.67 bits per heavy atom. The summed E-state index contributed by atoms with van der Waals surface area (Å²) < 4.78 is 12.6. The van der Waals surface area contributed by atoms with Crippen molar-refractivity contribution < 1.29 is 14.3 Å². The maximum atomic E-state index is 12.1. The molecule has 3 heterocycles. The summed E-state index contributed by atoms with van der Waals surface area (Å²) in [6.45, 7) is 3.04. The molecule has 8 nitrogen and oxygen atoms in total. The van der Waals surface area contributed by atoms with E-state index < -0.39 is 0 Å². The largest absolute Gasteiger partial charge is 0.438 e. The Morgan fingerprint density at radius 2 is 2.04 bits per heavy atom. The molecule has 1 amide bonds. The van der Waals surface area contributed by atoms with Crippen LogP contribution in [0, 0.1) is 12.8 Å². The summed E-state index contributed by atoms with van der Waals surface area (Å²) >= 11 is 0. The van der Waals surface area contributed by atoms with Crippen LogP contribution in [0.25, 0.3) is 5.82 Å². The van der Waals surface area contributed by atoms with Crippen molar-refractivity contribution >= 4 is 11.6 Å². The van der Waals surface area contributed by atoms with Crippen LogP contribution in [-0.2, 0) is 9.53 Å². The van der Waals surface area contributed by atoms with E-state index in [1.54, 1.807) is 41.1 Å². The first-order valence-electron chi connectivity index (χ1n) is 8.70. The Balaban J connectivity index is 1.37. The Morgan fingerprint density at radius 1 is 1.19 bits per heavy atom. The highest BCUT2D eigenvalue weighted by molar-refractivity contribution is 5.92. The average Bonchev–Trinajstić information content (AvgIpc) is 3.36. The first-order valence-corrected chi connectivity index (χ1v) is 8.70. The fraction of sp³-hybridized carbons (Fsp3) is 0.263. The van der Waals surface area contributed by atoms with Gasteiger partial charge >= 0.3 is 0 Å². The number of nitrogens with zero attached hydrogens (tertiary/aromatic N) is 4. The summed E-state index contributed by atoms with van der Waals surface area (Å²) in [6.07, 6.45) is 2.59. The molecule has 1 aliphatic rings. The molecule has 3 aromatic rings. The van der Waals surface area contributed by atoms with Gasteiger partial charge in [-0.3, -0.25) is 4.79 Å². The van der Waals surface area contributed by atoms with Crippen LogP contribution in [0.2, 0.25) is 0 Å². The summed E-state index contributed by atoms with van der Waals surface area (Å²) in [5.74, 6) is 1.51. The van der Waals surface area contributed by atoms with Crippen LogP contribution >= 0.6 is 0 Å². The highest BCUT2D eigenvalue weighted by Crippen LogP contribution is 2.22. The molecular weight excluding hydrogens is 346 g/mol. The predicted molar refractivity (Wildman–Crippen MR) is 98.0 cm³/mol. The van der Waals surface area contributed by atoms with Crippen molar-refractivity contribution in [2.75, 3.05) is 18.5 Å². The Bertz CT molecular complexity index is 915. The van der Waals surface area contributed by atoms with Crippen molar-refractivity contribution in [1.29, 1.82) is 0 Å². The lowest BCUT2D eigenvalue weighted by molar-refractivity contribution is -0.119. The molecule has 1 aliphatic heterocycles. The smallest absolute Gasteiger partial charge is 0.238 e. The number of aromatic nitrogens is 4. The number of carbonyl (C=O) groups is 1. The molecule has 0 bridgehead atoms. The maximum Gasteiger partial charge on any atom is 0.238 e. The summed E-state index contributed by atoms with van der Waals surface area (Å²) in [5.41, 5.74) is 1.62. The van der Waals surface area contributed by atoms with Crippen LogP contribution in [0.3, 0.4) is 0 Å². The SMILES string of the molecule is Cc1ccn(-c2ccc(Oc3ccc(NC(=O)C4CCOC4)cc3)nn2)n1. The number of nitrogens with one attached hydrogen (secondary N) is 1. The number of amides is 1. The predicted octanol–water partition coefficient (Wildman–Crippen LogP) is 2.74. The quantitative estimate of drug-likeness (QED) is 0.748. The highest BCUT2D eigenvalue weighted by Gasteiger charge is 2.23. The number of hydrogen-bond acceptors (Lipinski definition) is 6. The number of aryl methyl sites for hydroxylation is 1. The third kappa shape index (κ3) is 4.12. The third-order valence-electron chi connectivity index (χ3n) is 4.23. The highest BCUT2D eigenvalue weighted by atomic mass is 16.5. The van der Waals surface area contributed by atoms with Crippen molar-refractivity contribution in [2.45, 2.75) is 13.3 Å². The van der Waals surface area contributed by atoms with Gasteiger partial charge < -0.3 is 14.8 Å². The molecule has 1 saturated heterocycles. The van der Waals surface area contributed by atoms with Crippen LogP contribution in [0.15, 0.2) is 48.7 Å². The molecule has 2 aromatic heterocycles. The lowest BCUT2D eigenvalue weighted by atomic mass is 10.1. The molecule has 1 N–H and O–H groups in total. The van der Waals surface area contributed by atoms with E-state index >= 15 is 0 Å². The fourth-order valence-electron chi connectivity index (χ4n) is 2.74. The second-order valence-electron chi connectivity index (χ2n) is 6.31. The summed E-state index contributed by atoms with van der Waals surface area (Å²) in [7, 11) is 0. The van der Waals surface area contributed by atoms with Crippen LogP contribution < -0.4 is 10.1 Å². The molecule has 1 atom stereocenters. The summed E-state index contributed by atoms with van der Waals surface area (Å²) in [5, 5.41) is 15.4. The lowest BCUT2D eigenvalue weighted by Gasteiger charge is -2.10. The lowest BCUT2D eigenvalue weighted by Crippen LogP contribution is -2.22. The van der Waals surface area contributed by atoms with Gasteiger partial charge in [0.2, 0.25) is 11.8 Å². The van der Waals surface area contributed by atoms with Crippen LogP contribution in [-0.4, -0.2) is 39.1 Å². The molecule has 0 radical (unpaired) electrons. The van der Waals surface area contributed by atoms with E-state index in [9.17, 15) is 4.79 Å². The summed E-state index contributed by atoms with van der Waals surface area (Å²) in [4.78, 5) is 12.1. The fourth-order valence-corrected chi connectivity index (χ4v) is 2.74. The number of rotatable bonds is 5. The van der Waals surface area contributed by atoms with Crippen molar-refractivity contribution in [3.63, 3.8) is 0 Å². The second kappa shape index (κ2) is 7.55. The van der Waals surface area contributed by atoms with Gasteiger partial charge in [0, 0.05) is 24.6 Å². The zero-order valence-electron chi connectivity index (χ0n) is 14.8. The van der Waals surface area contributed by atoms with Gasteiger partial charge in [0.15, 0.2) is 5.82 Å². The number of carbonyl (C=O) groups excluding carboxylic acids is 1. The average molecular weight is 365 g/mol. The standard InChI is InChI=1S/C19H19N5O3/c1-13-8-10-24(23-13)17-6-7-18(22-21-17)27-16-4-2-15(3-5-16)20-19(25)14-9-11-26-12-14/h2-8,10,14H,9,11-12H2,1H3,(H,20,25). The first kappa shape index (κ1) is 17.2. The minimum Gasteiger partial charge on any atom is -0.438 e. The number of ether oxygens (including phenoxy) is 2. The van der Waals surface area contributed by atoms with E-state index in [1.165, 1.54) is 0 Å². The molecule has 0 spiro atoms. The van der Waals surface area contributed by atoms with Gasteiger partial charge in [0.05, 0.1) is 18.2 Å².